The lowest BCUT2D eigenvalue weighted by atomic mass is 9.70. The van der Waals surface area contributed by atoms with Crippen LogP contribution in [0.3, 0.4) is 0 Å². The zero-order chi connectivity index (χ0) is 86.2. The first-order chi connectivity index (χ1) is 64.8. The Morgan fingerprint density at radius 2 is 0.435 bits per heavy atom. The molecule has 21 aromatic rings. The van der Waals surface area contributed by atoms with E-state index in [1.54, 1.807) is 0 Å². The summed E-state index contributed by atoms with van der Waals surface area (Å²) >= 11 is 0. The second kappa shape index (κ2) is 27.5. The molecule has 0 saturated heterocycles. The molecule has 0 aliphatic heterocycles. The molecular formula is C128H83N3. The number of benzene rings is 21. The maximum absolute atomic E-state index is 2.72. The number of fused-ring (bicyclic) bond motifs is 35. The molecule has 28 rings (SSSR count). The zero-order valence-corrected chi connectivity index (χ0v) is 72.3. The molecule has 3 heteroatoms. The first kappa shape index (κ1) is 73.7. The summed E-state index contributed by atoms with van der Waals surface area (Å²) in [4.78, 5) is 7.95. The monoisotopic (exact) mass is 1660 g/mol. The van der Waals surface area contributed by atoms with Gasteiger partial charge in [0.1, 0.15) is 0 Å². The minimum atomic E-state index is -0.654. The molecule has 0 saturated carbocycles. The van der Waals surface area contributed by atoms with Crippen LogP contribution in [-0.2, 0) is 21.7 Å². The molecule has 7 aliphatic carbocycles. The average molecular weight is 1660 g/mol. The van der Waals surface area contributed by atoms with Crippen LogP contribution in [-0.4, -0.2) is 0 Å². The van der Waals surface area contributed by atoms with Crippen LogP contribution >= 0.6 is 0 Å². The molecular weight excluding hydrogens is 1580 g/mol. The van der Waals surface area contributed by atoms with Crippen LogP contribution in [0.4, 0.5) is 51.2 Å². The van der Waals surface area contributed by atoms with E-state index in [0.29, 0.717) is 0 Å². The summed E-state index contributed by atoms with van der Waals surface area (Å²) in [6.45, 7) is 4.91. The maximum Gasteiger partial charge on any atom is 0.0726 e. The number of nitrogens with zero attached hydrogens (tertiary/aromatic N) is 3. The minimum Gasteiger partial charge on any atom is -0.310 e. The van der Waals surface area contributed by atoms with E-state index in [9.17, 15) is 0 Å². The van der Waals surface area contributed by atoms with Gasteiger partial charge in [-0.25, -0.2) is 0 Å². The Morgan fingerprint density at radius 3 is 0.870 bits per heavy atom. The lowest BCUT2D eigenvalue weighted by Gasteiger charge is -2.36. The first-order valence-electron chi connectivity index (χ1n) is 46.0. The van der Waals surface area contributed by atoms with Crippen molar-refractivity contribution in [3.8, 4) is 100 Å². The molecule has 0 atom stereocenters. The summed E-state index contributed by atoms with van der Waals surface area (Å²) in [6, 6.07) is 179. The third-order valence-electron chi connectivity index (χ3n) is 30.6. The van der Waals surface area contributed by atoms with E-state index >= 15 is 0 Å². The lowest BCUT2D eigenvalue weighted by Crippen LogP contribution is -2.26. The van der Waals surface area contributed by atoms with E-state index < -0.39 is 21.7 Å². The van der Waals surface area contributed by atoms with Gasteiger partial charge in [0.05, 0.1) is 33.3 Å². The molecule has 0 amide bonds. The highest BCUT2D eigenvalue weighted by atomic mass is 15.2. The fourth-order valence-corrected chi connectivity index (χ4v) is 25.4. The van der Waals surface area contributed by atoms with Gasteiger partial charge < -0.3 is 14.7 Å². The van der Waals surface area contributed by atoms with Gasteiger partial charge in [0.25, 0.3) is 0 Å². The lowest BCUT2D eigenvalue weighted by molar-refractivity contribution is 0.661. The van der Waals surface area contributed by atoms with E-state index in [0.717, 1.165) is 95.0 Å². The number of hydrogen-bond acceptors (Lipinski definition) is 3. The number of hydrogen-bond donors (Lipinski definition) is 0. The predicted octanol–water partition coefficient (Wildman–Crippen LogP) is 33.1. The van der Waals surface area contributed by atoms with Crippen LogP contribution in [0.1, 0.15) is 91.7 Å². The highest BCUT2D eigenvalue weighted by Crippen LogP contribution is 2.70. The summed E-state index contributed by atoms with van der Waals surface area (Å²) < 4.78 is 0. The Morgan fingerprint density at radius 1 is 0.153 bits per heavy atom. The number of anilines is 9. The smallest absolute Gasteiger partial charge is 0.0726 e. The third kappa shape index (κ3) is 9.86. The molecule has 0 N–H and O–H groups in total. The van der Waals surface area contributed by atoms with Crippen molar-refractivity contribution in [1.82, 2.24) is 0 Å². The van der Waals surface area contributed by atoms with Gasteiger partial charge in [0.15, 0.2) is 0 Å². The fraction of sp³-hybridized carbons (Fsp3) is 0.0469. The van der Waals surface area contributed by atoms with Crippen LogP contribution in [0.15, 0.2) is 467 Å². The molecule has 0 bridgehead atoms. The van der Waals surface area contributed by atoms with E-state index in [1.165, 1.54) is 156 Å². The van der Waals surface area contributed by atoms with E-state index in [1.807, 2.05) is 0 Å². The average Bonchev–Trinajstić information content (AvgIpc) is 1.52. The van der Waals surface area contributed by atoms with Gasteiger partial charge in [0, 0.05) is 66.6 Å². The highest BCUT2D eigenvalue weighted by molar-refractivity contribution is 6.26. The fourth-order valence-electron chi connectivity index (χ4n) is 25.4. The Balaban J connectivity index is 0.792. The standard InChI is InChI=1S/C128H83N3/c1-125(2)107-49-22-12-47-98(107)103-78-105-106(79-118(103)125)123(130(85-65-61-82(62-66-85)80-33-6-3-7-34-80)89-70-73-100-97-46-20-30-57-115(97)128(120(100)77-89)112-54-27-17-43-94(112)95-44-18-28-55-113(95)128)101-74-71-87(129(84-37-10-5-11-38-84)88-69-72-99-96-45-19-29-56-114(96)127(119(99)76-88)110-52-25-15-41-92(110)93-42-16-26-53-111(93)127)75-104(101)124(105)131(86-67-63-83(64-68-86)81-35-8-4-9-36-81)121-60-32-59-117-122(121)102-48-21-31-58-116(102)126(117)108-50-23-13-39-90(108)91-40-14-24-51-109(91)126/h3-79H,1-2H3. The van der Waals surface area contributed by atoms with Gasteiger partial charge >= 0.3 is 0 Å². The summed E-state index contributed by atoms with van der Waals surface area (Å²) in [5.74, 6) is 0. The molecule has 0 radical (unpaired) electrons. The Bertz CT molecular complexity index is 8270. The van der Waals surface area contributed by atoms with Crippen LogP contribution in [0, 0.1) is 0 Å². The minimum absolute atomic E-state index is 0.415. The molecule has 610 valence electrons. The number of rotatable bonds is 11. The van der Waals surface area contributed by atoms with Crippen LogP contribution in [0.25, 0.3) is 122 Å². The van der Waals surface area contributed by atoms with Crippen molar-refractivity contribution in [2.24, 2.45) is 0 Å². The SMILES string of the molecule is CC1(C)c2ccccc2-c2cc3c(N(c4ccc(-c5ccccc5)cc4)c4cccc5c4-c4ccccc4C54c5ccccc5-c5ccccc54)c4cc(N(c5ccccc5)c5ccc6c(c5)C5(c7ccccc7-c7ccccc75)c5ccccc5-6)ccc4c(N(c4ccc(-c5ccccc5)cc4)c4ccc5c(c4)C4(c6ccccc6-c6ccccc64)c4ccccc4-5)c3cc21. The highest BCUT2D eigenvalue weighted by Gasteiger charge is 2.56. The van der Waals surface area contributed by atoms with Crippen molar-refractivity contribution in [2.75, 3.05) is 14.7 Å². The van der Waals surface area contributed by atoms with Gasteiger partial charge in [-0.1, -0.05) is 390 Å². The molecule has 3 nitrogen and oxygen atoms in total. The molecule has 0 heterocycles. The summed E-state index contributed by atoms with van der Waals surface area (Å²) in [6.07, 6.45) is 0. The van der Waals surface area contributed by atoms with Crippen molar-refractivity contribution in [3.63, 3.8) is 0 Å². The summed E-state index contributed by atoms with van der Waals surface area (Å²) in [7, 11) is 0. The van der Waals surface area contributed by atoms with E-state index in [2.05, 4.69) is 496 Å². The Kier molecular flexibility index (Phi) is 15.5. The van der Waals surface area contributed by atoms with E-state index in [-0.39, 0.29) is 0 Å². The van der Waals surface area contributed by atoms with E-state index in [4.69, 9.17) is 0 Å². The largest absolute Gasteiger partial charge is 0.310 e. The second-order valence-electron chi connectivity index (χ2n) is 37.0. The van der Waals surface area contributed by atoms with Crippen molar-refractivity contribution >= 4 is 72.7 Å². The summed E-state index contributed by atoms with van der Waals surface area (Å²) in [5.41, 5.74) is 47.4. The third-order valence-corrected chi connectivity index (χ3v) is 30.6. The predicted molar refractivity (Wildman–Crippen MR) is 543 cm³/mol. The van der Waals surface area contributed by atoms with Gasteiger partial charge in [-0.15, -0.1) is 0 Å². The van der Waals surface area contributed by atoms with Gasteiger partial charge in [-0.3, -0.25) is 0 Å². The molecule has 7 aliphatic rings. The van der Waals surface area contributed by atoms with Gasteiger partial charge in [-0.2, -0.15) is 0 Å². The normalized spacial score (nSPS) is 14.3. The zero-order valence-electron chi connectivity index (χ0n) is 72.3. The van der Waals surface area contributed by atoms with Crippen molar-refractivity contribution in [2.45, 2.75) is 35.5 Å². The van der Waals surface area contributed by atoms with Gasteiger partial charge in [-0.05, 0) is 263 Å². The molecule has 0 fully saturated rings. The Hall–Kier alpha value is -16.5. The van der Waals surface area contributed by atoms with Crippen LogP contribution in [0.5, 0.6) is 0 Å². The van der Waals surface area contributed by atoms with Crippen LogP contribution in [0.2, 0.25) is 0 Å². The topological polar surface area (TPSA) is 9.72 Å². The van der Waals surface area contributed by atoms with Crippen molar-refractivity contribution in [3.05, 3.63) is 545 Å². The number of para-hydroxylation sites is 1. The Labute approximate surface area is 762 Å². The first-order valence-corrected chi connectivity index (χ1v) is 46.0. The maximum atomic E-state index is 2.72. The molecule has 131 heavy (non-hydrogen) atoms. The second-order valence-corrected chi connectivity index (χ2v) is 37.0. The van der Waals surface area contributed by atoms with Gasteiger partial charge in [0.2, 0.25) is 0 Å². The molecule has 3 spiro atoms. The van der Waals surface area contributed by atoms with Crippen molar-refractivity contribution < 1.29 is 0 Å². The van der Waals surface area contributed by atoms with Crippen molar-refractivity contribution in [1.29, 1.82) is 0 Å². The molecule has 0 aromatic heterocycles. The summed E-state index contributed by atoms with van der Waals surface area (Å²) in [5, 5.41) is 4.37. The van der Waals surface area contributed by atoms with Crippen LogP contribution < -0.4 is 14.7 Å². The quantitative estimate of drug-likeness (QED) is 0.0944. The molecule has 0 unspecified atom stereocenters. The molecule has 21 aromatic carbocycles.